The Labute approximate surface area is 108 Å². The quantitative estimate of drug-likeness (QED) is 0.781. The Bertz CT molecular complexity index is 381. The van der Waals surface area contributed by atoms with Crippen LogP contribution in [0.3, 0.4) is 0 Å². The average molecular weight is 250 g/mol. The first-order valence-corrected chi connectivity index (χ1v) is 6.20. The average Bonchev–Trinajstić information content (AvgIpc) is 2.29. The van der Waals surface area contributed by atoms with E-state index in [-0.39, 0.29) is 11.3 Å². The van der Waals surface area contributed by atoms with E-state index in [1.807, 2.05) is 7.05 Å². The van der Waals surface area contributed by atoms with E-state index in [2.05, 4.69) is 41.4 Å². The van der Waals surface area contributed by atoms with Crippen molar-refractivity contribution in [2.45, 2.75) is 39.0 Å². The summed E-state index contributed by atoms with van der Waals surface area (Å²) in [6.07, 6.45) is 4.64. The highest BCUT2D eigenvalue weighted by molar-refractivity contribution is 5.90. The monoisotopic (exact) mass is 250 g/mol. The van der Waals surface area contributed by atoms with Crippen LogP contribution < -0.4 is 10.6 Å². The number of carbonyl (C=O) groups is 1. The zero-order valence-corrected chi connectivity index (χ0v) is 11.6. The van der Waals surface area contributed by atoms with Crippen molar-refractivity contribution in [3.63, 3.8) is 0 Å². The highest BCUT2D eigenvalue weighted by Crippen LogP contribution is 2.18. The molecule has 0 radical (unpaired) electrons. The van der Waals surface area contributed by atoms with Crippen LogP contribution in [0.25, 0.3) is 0 Å². The molecule has 1 aromatic rings. The minimum atomic E-state index is -0.0741. The first-order valence-electron chi connectivity index (χ1n) is 6.20. The first-order chi connectivity index (χ1) is 8.43. The molecule has 100 valence electrons. The molecule has 0 spiro atoms. The van der Waals surface area contributed by atoms with Crippen LogP contribution in [-0.2, 0) is 10.2 Å². The number of hydrogen-bond donors (Lipinski definition) is 2. The second-order valence-corrected chi connectivity index (χ2v) is 5.30. The molecule has 0 unspecified atom stereocenters. The molecule has 0 bridgehead atoms. The second-order valence-electron chi connectivity index (χ2n) is 5.30. The van der Waals surface area contributed by atoms with E-state index >= 15 is 0 Å². The topological polar surface area (TPSA) is 66.9 Å². The molecular weight excluding hydrogens is 228 g/mol. The molecule has 1 amide bonds. The van der Waals surface area contributed by atoms with Gasteiger partial charge in [0.15, 0.2) is 0 Å². The highest BCUT2D eigenvalue weighted by Gasteiger charge is 2.16. The largest absolute Gasteiger partial charge is 0.323 e. The van der Waals surface area contributed by atoms with E-state index in [1.54, 1.807) is 12.4 Å². The maximum absolute atomic E-state index is 11.6. The lowest BCUT2D eigenvalue weighted by atomic mass is 9.96. The van der Waals surface area contributed by atoms with Crippen LogP contribution in [0.2, 0.25) is 0 Å². The van der Waals surface area contributed by atoms with Gasteiger partial charge in [0.1, 0.15) is 5.82 Å². The number of anilines is 1. The second kappa shape index (κ2) is 6.44. The maximum atomic E-state index is 11.6. The van der Waals surface area contributed by atoms with E-state index in [4.69, 9.17) is 0 Å². The molecule has 0 aliphatic carbocycles. The Kier molecular flexibility index (Phi) is 5.22. The van der Waals surface area contributed by atoms with E-state index < -0.39 is 0 Å². The van der Waals surface area contributed by atoms with Gasteiger partial charge in [-0.15, -0.1) is 0 Å². The molecule has 0 saturated carbocycles. The lowest BCUT2D eigenvalue weighted by Crippen LogP contribution is -2.18. The Morgan fingerprint density at radius 1 is 1.28 bits per heavy atom. The van der Waals surface area contributed by atoms with Gasteiger partial charge in [0, 0.05) is 11.8 Å². The fourth-order valence-electron chi connectivity index (χ4n) is 1.43. The molecule has 1 rings (SSSR count). The lowest BCUT2D eigenvalue weighted by molar-refractivity contribution is -0.116. The summed E-state index contributed by atoms with van der Waals surface area (Å²) in [5, 5.41) is 5.79. The summed E-state index contributed by atoms with van der Waals surface area (Å²) < 4.78 is 0. The normalized spacial score (nSPS) is 11.3. The van der Waals surface area contributed by atoms with Crippen molar-refractivity contribution < 1.29 is 4.79 Å². The molecule has 2 N–H and O–H groups in total. The number of carbonyl (C=O) groups excluding carboxylic acids is 1. The minimum absolute atomic E-state index is 0.00245. The summed E-state index contributed by atoms with van der Waals surface area (Å²) in [4.78, 5) is 20.1. The molecule has 0 saturated heterocycles. The van der Waals surface area contributed by atoms with Crippen molar-refractivity contribution >= 4 is 11.6 Å². The van der Waals surface area contributed by atoms with Gasteiger partial charge in [0.25, 0.3) is 0 Å². The first kappa shape index (κ1) is 14.6. The fourth-order valence-corrected chi connectivity index (χ4v) is 1.43. The van der Waals surface area contributed by atoms with Gasteiger partial charge in [-0.2, -0.15) is 0 Å². The van der Waals surface area contributed by atoms with Crippen molar-refractivity contribution in [3.8, 4) is 0 Å². The number of aromatic nitrogens is 2. The highest BCUT2D eigenvalue weighted by atomic mass is 16.1. The van der Waals surface area contributed by atoms with Gasteiger partial charge in [-0.05, 0) is 20.0 Å². The van der Waals surface area contributed by atoms with Crippen molar-refractivity contribution in [1.29, 1.82) is 0 Å². The predicted octanol–water partition coefficient (Wildman–Crippen LogP) is 1.71. The lowest BCUT2D eigenvalue weighted by Gasteiger charge is -2.16. The molecule has 0 fully saturated rings. The zero-order valence-electron chi connectivity index (χ0n) is 11.6. The van der Waals surface area contributed by atoms with Crippen molar-refractivity contribution in [1.82, 2.24) is 15.3 Å². The molecule has 18 heavy (non-hydrogen) atoms. The van der Waals surface area contributed by atoms with Crippen LogP contribution in [-0.4, -0.2) is 29.5 Å². The van der Waals surface area contributed by atoms with E-state index in [9.17, 15) is 4.79 Å². The summed E-state index contributed by atoms with van der Waals surface area (Å²) in [5.41, 5.74) is 0.576. The standard InChI is InChI=1S/C13H22N4O/c1-13(2,3)12-15-8-10(9-16-12)17-11(18)6-5-7-14-4/h8-9,14H,5-7H2,1-4H3,(H,17,18). The SMILES string of the molecule is CNCCCC(=O)Nc1cnc(C(C)(C)C)nc1. The molecular formula is C13H22N4O. The van der Waals surface area contributed by atoms with Gasteiger partial charge in [-0.1, -0.05) is 20.8 Å². The molecule has 0 aromatic carbocycles. The molecule has 1 heterocycles. The van der Waals surface area contributed by atoms with E-state index in [0.29, 0.717) is 12.1 Å². The number of rotatable bonds is 5. The smallest absolute Gasteiger partial charge is 0.224 e. The van der Waals surface area contributed by atoms with Crippen LogP contribution in [0.15, 0.2) is 12.4 Å². The van der Waals surface area contributed by atoms with Crippen LogP contribution >= 0.6 is 0 Å². The van der Waals surface area contributed by atoms with Gasteiger partial charge in [-0.25, -0.2) is 9.97 Å². The third-order valence-electron chi connectivity index (χ3n) is 2.44. The molecule has 5 nitrogen and oxygen atoms in total. The maximum Gasteiger partial charge on any atom is 0.224 e. The van der Waals surface area contributed by atoms with Gasteiger partial charge in [0.2, 0.25) is 5.91 Å². The summed E-state index contributed by atoms with van der Waals surface area (Å²) in [6, 6.07) is 0. The Balaban J connectivity index is 2.51. The van der Waals surface area contributed by atoms with Crippen LogP contribution in [0.1, 0.15) is 39.4 Å². The fraction of sp³-hybridized carbons (Fsp3) is 0.615. The van der Waals surface area contributed by atoms with E-state index in [1.165, 1.54) is 0 Å². The summed E-state index contributed by atoms with van der Waals surface area (Å²) in [6.45, 7) is 7.00. The molecule has 1 aromatic heterocycles. The third-order valence-corrected chi connectivity index (χ3v) is 2.44. The van der Waals surface area contributed by atoms with Gasteiger partial charge in [-0.3, -0.25) is 4.79 Å². The summed E-state index contributed by atoms with van der Waals surface area (Å²) in [7, 11) is 1.87. The van der Waals surface area contributed by atoms with Crippen molar-refractivity contribution in [2.75, 3.05) is 18.9 Å². The number of nitrogens with zero attached hydrogens (tertiary/aromatic N) is 2. The zero-order chi connectivity index (χ0) is 13.6. The number of nitrogens with one attached hydrogen (secondary N) is 2. The minimum Gasteiger partial charge on any atom is -0.323 e. The molecule has 5 heteroatoms. The van der Waals surface area contributed by atoms with Crippen LogP contribution in [0, 0.1) is 0 Å². The van der Waals surface area contributed by atoms with Gasteiger partial charge in [0.05, 0.1) is 18.1 Å². The summed E-state index contributed by atoms with van der Waals surface area (Å²) in [5.74, 6) is 0.771. The number of amides is 1. The van der Waals surface area contributed by atoms with Crippen LogP contribution in [0.5, 0.6) is 0 Å². The van der Waals surface area contributed by atoms with Gasteiger partial charge < -0.3 is 10.6 Å². The van der Waals surface area contributed by atoms with Crippen LogP contribution in [0.4, 0.5) is 5.69 Å². The Hall–Kier alpha value is -1.49. The van der Waals surface area contributed by atoms with E-state index in [0.717, 1.165) is 18.8 Å². The van der Waals surface area contributed by atoms with Gasteiger partial charge >= 0.3 is 0 Å². The Morgan fingerprint density at radius 3 is 2.39 bits per heavy atom. The molecule has 0 atom stereocenters. The Morgan fingerprint density at radius 2 is 1.89 bits per heavy atom. The predicted molar refractivity (Wildman–Crippen MR) is 72.5 cm³/mol. The third kappa shape index (κ3) is 4.79. The van der Waals surface area contributed by atoms with Crippen molar-refractivity contribution in [2.24, 2.45) is 0 Å². The molecule has 0 aliphatic heterocycles. The number of hydrogen-bond acceptors (Lipinski definition) is 4. The molecule has 0 aliphatic rings. The summed E-state index contributed by atoms with van der Waals surface area (Å²) >= 11 is 0. The van der Waals surface area contributed by atoms with Crippen molar-refractivity contribution in [3.05, 3.63) is 18.2 Å².